The van der Waals surface area contributed by atoms with E-state index in [1.54, 1.807) is 0 Å². The largest absolute Gasteiger partial charge is 0.462 e. The molecule has 1 heterocycles. The van der Waals surface area contributed by atoms with E-state index in [1.165, 1.54) is 0 Å². The van der Waals surface area contributed by atoms with Gasteiger partial charge >= 0.3 is 5.97 Å². The van der Waals surface area contributed by atoms with E-state index in [0.29, 0.717) is 11.8 Å². The molecule has 1 aromatic rings. The average molecular weight is 242 g/mol. The van der Waals surface area contributed by atoms with Gasteiger partial charge in [0, 0.05) is 17.4 Å². The lowest BCUT2D eigenvalue weighted by Crippen LogP contribution is -2.32. The molecule has 1 aromatic carbocycles. The second-order valence-electron chi connectivity index (χ2n) is 5.65. The van der Waals surface area contributed by atoms with Gasteiger partial charge in [-0.1, -0.05) is 30.3 Å². The number of rotatable bonds is 2. The summed E-state index contributed by atoms with van der Waals surface area (Å²) >= 11 is 0. The monoisotopic (exact) mass is 242 g/mol. The van der Waals surface area contributed by atoms with Crippen molar-refractivity contribution in [3.05, 3.63) is 35.9 Å². The van der Waals surface area contributed by atoms with Crippen molar-refractivity contribution in [2.24, 2.45) is 23.7 Å². The van der Waals surface area contributed by atoms with Crippen molar-refractivity contribution < 1.29 is 14.3 Å². The molecule has 0 radical (unpaired) electrons. The molecule has 0 unspecified atom stereocenters. The molecule has 2 saturated carbocycles. The number of Topliss-reactive ketones (excluding diaryl/α,β-unsaturated/α-hetero) is 1. The highest BCUT2D eigenvalue weighted by molar-refractivity contribution is 6.01. The lowest BCUT2D eigenvalue weighted by atomic mass is 9.76. The molecule has 5 atom stereocenters. The van der Waals surface area contributed by atoms with Gasteiger partial charge in [-0.2, -0.15) is 0 Å². The predicted octanol–water partition coefficient (Wildman–Crippen LogP) is 2.07. The Labute approximate surface area is 105 Å². The van der Waals surface area contributed by atoms with Crippen molar-refractivity contribution in [2.45, 2.75) is 18.9 Å². The van der Waals surface area contributed by atoms with Crippen molar-refractivity contribution in [1.29, 1.82) is 0 Å². The van der Waals surface area contributed by atoms with Crippen LogP contribution in [0.4, 0.5) is 0 Å². The first-order valence-electron chi connectivity index (χ1n) is 6.55. The maximum absolute atomic E-state index is 12.6. The Morgan fingerprint density at radius 2 is 1.94 bits per heavy atom. The second kappa shape index (κ2) is 3.44. The summed E-state index contributed by atoms with van der Waals surface area (Å²) in [6.07, 6.45) is 1.98. The van der Waals surface area contributed by atoms with Gasteiger partial charge < -0.3 is 4.74 Å². The van der Waals surface area contributed by atoms with Crippen molar-refractivity contribution >= 4 is 11.8 Å². The normalized spacial score (nSPS) is 40.0. The molecule has 4 rings (SSSR count). The zero-order chi connectivity index (χ0) is 12.3. The van der Waals surface area contributed by atoms with Crippen LogP contribution < -0.4 is 0 Å². The Morgan fingerprint density at radius 3 is 2.72 bits per heavy atom. The van der Waals surface area contributed by atoms with Crippen LogP contribution in [0.25, 0.3) is 0 Å². The van der Waals surface area contributed by atoms with Gasteiger partial charge in [-0.3, -0.25) is 9.59 Å². The number of carbonyl (C=O) groups is 2. The molecule has 0 spiro atoms. The zero-order valence-corrected chi connectivity index (χ0v) is 9.91. The Balaban J connectivity index is 1.70. The molecule has 0 aromatic heterocycles. The van der Waals surface area contributed by atoms with Crippen LogP contribution in [-0.2, 0) is 9.53 Å². The van der Waals surface area contributed by atoms with E-state index in [4.69, 9.17) is 4.74 Å². The molecule has 3 fully saturated rings. The molecule has 3 nitrogen and oxygen atoms in total. The lowest BCUT2D eigenvalue weighted by Gasteiger charge is -2.23. The van der Waals surface area contributed by atoms with Crippen molar-refractivity contribution in [3.8, 4) is 0 Å². The van der Waals surface area contributed by atoms with Crippen LogP contribution in [0, 0.1) is 23.7 Å². The smallest absolute Gasteiger partial charge is 0.310 e. The minimum absolute atomic E-state index is 0.104. The molecule has 1 saturated heterocycles. The number of ketones is 1. The first-order valence-corrected chi connectivity index (χ1v) is 6.55. The molecule has 2 aliphatic carbocycles. The fourth-order valence-corrected chi connectivity index (χ4v) is 4.16. The van der Waals surface area contributed by atoms with Gasteiger partial charge in [-0.05, 0) is 18.8 Å². The number of benzene rings is 1. The van der Waals surface area contributed by atoms with E-state index in [0.717, 1.165) is 18.4 Å². The van der Waals surface area contributed by atoms with E-state index in [-0.39, 0.29) is 29.7 Å². The summed E-state index contributed by atoms with van der Waals surface area (Å²) < 4.78 is 5.36. The summed E-state index contributed by atoms with van der Waals surface area (Å²) in [5.41, 5.74) is 0.728. The van der Waals surface area contributed by atoms with Gasteiger partial charge in [0.2, 0.25) is 0 Å². The third kappa shape index (κ3) is 1.19. The molecule has 0 N–H and O–H groups in total. The van der Waals surface area contributed by atoms with E-state index in [1.807, 2.05) is 30.3 Å². The fourth-order valence-electron chi connectivity index (χ4n) is 4.16. The highest BCUT2D eigenvalue weighted by Crippen LogP contribution is 2.58. The Morgan fingerprint density at radius 1 is 1.17 bits per heavy atom. The number of ether oxygens (including phenoxy) is 1. The molecule has 3 heteroatoms. The van der Waals surface area contributed by atoms with Crippen LogP contribution in [0.5, 0.6) is 0 Å². The highest BCUT2D eigenvalue weighted by atomic mass is 16.6. The molecule has 18 heavy (non-hydrogen) atoms. The summed E-state index contributed by atoms with van der Waals surface area (Å²) in [4.78, 5) is 24.4. The summed E-state index contributed by atoms with van der Waals surface area (Å²) in [5, 5.41) is 0. The van der Waals surface area contributed by atoms with Crippen LogP contribution in [0.1, 0.15) is 23.2 Å². The maximum Gasteiger partial charge on any atom is 0.310 e. The summed E-state index contributed by atoms with van der Waals surface area (Å²) in [7, 11) is 0. The second-order valence-corrected chi connectivity index (χ2v) is 5.65. The first kappa shape index (κ1) is 10.3. The molecular formula is C15H14O3. The Bertz CT molecular complexity index is 520. The van der Waals surface area contributed by atoms with Crippen molar-refractivity contribution in [1.82, 2.24) is 0 Å². The number of carbonyl (C=O) groups excluding carboxylic acids is 2. The van der Waals surface area contributed by atoms with E-state index in [2.05, 4.69) is 0 Å². The van der Waals surface area contributed by atoms with Crippen LogP contribution in [0.15, 0.2) is 30.3 Å². The maximum atomic E-state index is 12.6. The standard InChI is InChI=1S/C15H14O3/c16-14(8-4-2-1-3-5-8)12-9-6-10-11(7-9)18-15(17)13(10)12/h1-5,9-13H,6-7H2/t9-,10+,11-,12-,13+/m1/s1. The topological polar surface area (TPSA) is 43.4 Å². The van der Waals surface area contributed by atoms with Crippen LogP contribution in [0.2, 0.25) is 0 Å². The third-order valence-electron chi connectivity index (χ3n) is 4.84. The molecule has 2 bridgehead atoms. The van der Waals surface area contributed by atoms with E-state index >= 15 is 0 Å². The molecule has 1 aliphatic heterocycles. The van der Waals surface area contributed by atoms with Crippen LogP contribution >= 0.6 is 0 Å². The van der Waals surface area contributed by atoms with Crippen LogP contribution in [-0.4, -0.2) is 17.9 Å². The number of fused-ring (bicyclic) bond motifs is 1. The minimum atomic E-state index is -0.165. The minimum Gasteiger partial charge on any atom is -0.462 e. The van der Waals surface area contributed by atoms with Gasteiger partial charge in [0.25, 0.3) is 0 Å². The predicted molar refractivity (Wildman–Crippen MR) is 63.8 cm³/mol. The van der Waals surface area contributed by atoms with Gasteiger partial charge in [0.05, 0.1) is 5.92 Å². The fraction of sp³-hybridized carbons (Fsp3) is 0.467. The molecule has 3 aliphatic rings. The lowest BCUT2D eigenvalue weighted by molar-refractivity contribution is -0.143. The summed E-state index contributed by atoms with van der Waals surface area (Å²) in [6.45, 7) is 0. The zero-order valence-electron chi connectivity index (χ0n) is 9.91. The van der Waals surface area contributed by atoms with Gasteiger partial charge in [-0.15, -0.1) is 0 Å². The Kier molecular flexibility index (Phi) is 1.97. The Hall–Kier alpha value is -1.64. The van der Waals surface area contributed by atoms with Crippen molar-refractivity contribution in [2.75, 3.05) is 0 Å². The SMILES string of the molecule is O=C(c1ccccc1)[C@@H]1[C@@H]2C[C@@H]3[C@@H]1C(=O)O[C@@H]3C2. The average Bonchev–Trinajstić information content (AvgIpc) is 3.00. The number of esters is 1. The van der Waals surface area contributed by atoms with E-state index < -0.39 is 0 Å². The quantitative estimate of drug-likeness (QED) is 0.589. The van der Waals surface area contributed by atoms with E-state index in [9.17, 15) is 9.59 Å². The van der Waals surface area contributed by atoms with Crippen molar-refractivity contribution in [3.63, 3.8) is 0 Å². The number of hydrogen-bond donors (Lipinski definition) is 0. The molecule has 0 amide bonds. The molecular weight excluding hydrogens is 228 g/mol. The molecule has 92 valence electrons. The summed E-state index contributed by atoms with van der Waals surface area (Å²) in [5.74, 6) is 0.346. The first-order chi connectivity index (χ1) is 8.75. The van der Waals surface area contributed by atoms with Crippen LogP contribution in [0.3, 0.4) is 0 Å². The number of hydrogen-bond acceptors (Lipinski definition) is 3. The summed E-state index contributed by atoms with van der Waals surface area (Å²) in [6, 6.07) is 9.32. The third-order valence-corrected chi connectivity index (χ3v) is 4.84. The van der Waals surface area contributed by atoms with Gasteiger partial charge in [0.1, 0.15) is 6.10 Å². The highest BCUT2D eigenvalue weighted by Gasteiger charge is 2.63. The van der Waals surface area contributed by atoms with Gasteiger partial charge in [0.15, 0.2) is 5.78 Å². The van der Waals surface area contributed by atoms with Gasteiger partial charge in [-0.25, -0.2) is 0 Å².